The van der Waals surface area contributed by atoms with E-state index in [4.69, 9.17) is 3.32 Å². The van der Waals surface area contributed by atoms with Crippen LogP contribution >= 0.6 is 12.4 Å². The Hall–Kier alpha value is -0.626. The molecule has 3 heteroatoms. The van der Waals surface area contributed by atoms with Gasteiger partial charge >= 0.3 is 110 Å². The first-order valence-corrected chi connectivity index (χ1v) is 8.15. The summed E-state index contributed by atoms with van der Waals surface area (Å²) in [5.41, 5.74) is 1.41. The van der Waals surface area contributed by atoms with Crippen molar-refractivity contribution in [2.45, 2.75) is 27.2 Å². The van der Waals surface area contributed by atoms with E-state index in [1.165, 1.54) is 9.38 Å². The van der Waals surface area contributed by atoms with E-state index < -0.39 is 17.8 Å². The zero-order chi connectivity index (χ0) is 12.3. The van der Waals surface area contributed by atoms with Crippen molar-refractivity contribution in [3.05, 3.63) is 51.9 Å². The summed E-state index contributed by atoms with van der Waals surface area (Å²) in [5.74, 6) is 1.01. The number of hydrogen-bond acceptors (Lipinski definition) is 1. The van der Waals surface area contributed by atoms with Gasteiger partial charge in [0.15, 0.2) is 0 Å². The second-order valence-electron chi connectivity index (χ2n) is 4.51. The van der Waals surface area contributed by atoms with E-state index in [1.807, 2.05) is 30.3 Å². The first-order chi connectivity index (χ1) is 8.18. The van der Waals surface area contributed by atoms with E-state index in [-0.39, 0.29) is 12.4 Å². The zero-order valence-electron chi connectivity index (χ0n) is 11.1. The molecule has 0 heterocycles. The van der Waals surface area contributed by atoms with Gasteiger partial charge in [0.2, 0.25) is 0 Å². The Morgan fingerprint density at radius 3 is 2.33 bits per heavy atom. The number of benzene rings is 1. The van der Waals surface area contributed by atoms with Gasteiger partial charge in [0.25, 0.3) is 0 Å². The Morgan fingerprint density at radius 2 is 1.83 bits per heavy atom. The minimum absolute atomic E-state index is 0. The fraction of sp³-hybridized carbons (Fsp3) is 0.267. The van der Waals surface area contributed by atoms with Crippen LogP contribution in [0.2, 0.25) is 0 Å². The van der Waals surface area contributed by atoms with Gasteiger partial charge in [0.1, 0.15) is 0 Å². The molecule has 0 amide bonds. The molecule has 0 fully saturated rings. The van der Waals surface area contributed by atoms with Crippen LogP contribution in [-0.4, -0.2) is 3.81 Å². The van der Waals surface area contributed by atoms with Crippen LogP contribution < -0.4 is 3.32 Å². The van der Waals surface area contributed by atoms with Crippen LogP contribution in [0.25, 0.3) is 0 Å². The van der Waals surface area contributed by atoms with E-state index in [1.54, 1.807) is 3.88 Å². The first kappa shape index (κ1) is 15.4. The minimum Gasteiger partial charge on any atom is -0.147 e. The monoisotopic (exact) mass is 298 g/mol. The zero-order valence-corrected chi connectivity index (χ0v) is 13.4. The van der Waals surface area contributed by atoms with Crippen molar-refractivity contribution in [2.75, 3.05) is 0 Å². The summed E-state index contributed by atoms with van der Waals surface area (Å²) in [6, 6.07) is 10.2. The van der Waals surface area contributed by atoms with Gasteiger partial charge in [0, 0.05) is 0 Å². The smallest absolute Gasteiger partial charge is 0.147 e. The molecule has 1 aliphatic carbocycles. The summed E-state index contributed by atoms with van der Waals surface area (Å²) in [6.45, 7) is 6.61. The van der Waals surface area contributed by atoms with Crippen molar-refractivity contribution in [3.8, 4) is 5.75 Å². The molecule has 96 valence electrons. The number of allylic oxidation sites excluding steroid dienone is 4. The van der Waals surface area contributed by atoms with Crippen molar-refractivity contribution >= 4 is 16.2 Å². The molecule has 0 atom stereocenters. The molecule has 0 aromatic heterocycles. The predicted octanol–water partition coefficient (Wildman–Crippen LogP) is 4.47. The van der Waals surface area contributed by atoms with Crippen LogP contribution in [0.15, 0.2) is 51.9 Å². The van der Waals surface area contributed by atoms with E-state index in [0.29, 0.717) is 0 Å². The molecule has 0 N–H and O–H groups in total. The van der Waals surface area contributed by atoms with Crippen molar-refractivity contribution in [2.24, 2.45) is 0 Å². The topological polar surface area (TPSA) is 9.23 Å². The maximum Gasteiger partial charge on any atom is -0.147 e. The van der Waals surface area contributed by atoms with Gasteiger partial charge in [-0.2, -0.15) is 0 Å². The molecule has 0 unspecified atom stereocenters. The molecule has 1 aromatic carbocycles. The molecular weight excluding hydrogens is 279 g/mol. The average Bonchev–Trinajstić information content (AvgIpc) is 2.73. The van der Waals surface area contributed by atoms with E-state index >= 15 is 0 Å². The van der Waals surface area contributed by atoms with E-state index in [0.717, 1.165) is 12.2 Å². The Morgan fingerprint density at radius 1 is 1.17 bits per heavy atom. The van der Waals surface area contributed by atoms with Gasteiger partial charge in [-0.3, -0.25) is 0 Å². The number of hydrogen-bond donors (Lipinski definition) is 0. The maximum atomic E-state index is 6.26. The summed E-state index contributed by atoms with van der Waals surface area (Å²) < 4.78 is 9.28. The van der Waals surface area contributed by atoms with Crippen LogP contribution in [-0.2, 0) is 17.8 Å². The van der Waals surface area contributed by atoms with Gasteiger partial charge in [-0.15, -0.1) is 12.4 Å². The normalized spacial score (nSPS) is 13.3. The average molecular weight is 299 g/mol. The summed E-state index contributed by atoms with van der Waals surface area (Å²) in [4.78, 5) is 0. The molecule has 1 aliphatic rings. The fourth-order valence-electron chi connectivity index (χ4n) is 1.96. The summed E-state index contributed by atoms with van der Waals surface area (Å²) in [7, 11) is 0. The Bertz CT molecular complexity index is 496. The molecule has 0 aliphatic heterocycles. The van der Waals surface area contributed by atoms with Crippen molar-refractivity contribution < 1.29 is 21.1 Å². The summed E-state index contributed by atoms with van der Waals surface area (Å²) >= 11 is -1.71. The van der Waals surface area contributed by atoms with Crippen molar-refractivity contribution in [3.63, 3.8) is 0 Å². The van der Waals surface area contributed by atoms with Gasteiger partial charge < -0.3 is 0 Å². The van der Waals surface area contributed by atoms with Gasteiger partial charge in [-0.05, 0) is 0 Å². The van der Waals surface area contributed by atoms with Crippen LogP contribution in [0.3, 0.4) is 0 Å². The third kappa shape index (κ3) is 3.68. The maximum absolute atomic E-state index is 6.26. The van der Waals surface area contributed by atoms with Crippen molar-refractivity contribution in [1.82, 2.24) is 0 Å². The molecule has 2 rings (SSSR count). The molecule has 0 saturated carbocycles. The van der Waals surface area contributed by atoms with Crippen LogP contribution in [0.4, 0.5) is 0 Å². The second kappa shape index (κ2) is 7.08. The SMILES string of the molecule is CC1=[C]([Ti]([O]c2ccccc2)=[C](C)C)CC=C1.Cl. The predicted molar refractivity (Wildman–Crippen MR) is 77.1 cm³/mol. The largest absolute Gasteiger partial charge is 0.147 e. The second-order valence-corrected chi connectivity index (χ2v) is 8.36. The van der Waals surface area contributed by atoms with Gasteiger partial charge in [-0.25, -0.2) is 0 Å². The Balaban J connectivity index is 0.00000162. The molecular formula is C15H19ClOTi. The van der Waals surface area contributed by atoms with Crippen LogP contribution in [0.1, 0.15) is 27.2 Å². The molecule has 0 bridgehead atoms. The molecule has 1 aromatic rings. The fourth-order valence-corrected chi connectivity index (χ4v) is 5.16. The molecule has 0 radical (unpaired) electrons. The standard InChI is InChI=1S/C6H6O.C6H7.C3H6.ClH.Ti/c7-6-4-2-1-3-5-6;1-6-4-2-3-5-6;1-3-2;;/h1-5,7H;2,4H,3H2,1H3;1-2H3;1H;/q;;;;+1/p-1. The Labute approximate surface area is 122 Å². The number of halogens is 1. The van der Waals surface area contributed by atoms with E-state index in [2.05, 4.69) is 32.9 Å². The quantitative estimate of drug-likeness (QED) is 0.748. The molecule has 18 heavy (non-hydrogen) atoms. The molecule has 0 spiro atoms. The third-order valence-electron chi connectivity index (χ3n) is 2.86. The van der Waals surface area contributed by atoms with Gasteiger partial charge in [0.05, 0.1) is 0 Å². The Kier molecular flexibility index (Phi) is 6.07. The summed E-state index contributed by atoms with van der Waals surface area (Å²) in [5, 5.41) is 0. The molecule has 1 nitrogen and oxygen atoms in total. The van der Waals surface area contributed by atoms with Crippen molar-refractivity contribution in [1.29, 1.82) is 0 Å². The number of para-hydroxylation sites is 1. The number of rotatable bonds is 3. The summed E-state index contributed by atoms with van der Waals surface area (Å²) in [6.07, 6.45) is 5.55. The minimum atomic E-state index is -1.71. The molecule has 0 saturated heterocycles. The van der Waals surface area contributed by atoms with Gasteiger partial charge in [-0.1, -0.05) is 0 Å². The van der Waals surface area contributed by atoms with Crippen LogP contribution in [0.5, 0.6) is 5.75 Å². The van der Waals surface area contributed by atoms with Crippen LogP contribution in [0, 0.1) is 0 Å². The van der Waals surface area contributed by atoms with E-state index in [9.17, 15) is 0 Å². The first-order valence-electron chi connectivity index (χ1n) is 5.95. The third-order valence-corrected chi connectivity index (χ3v) is 6.75.